The Balaban J connectivity index is 0.000000120. The van der Waals surface area contributed by atoms with Gasteiger partial charge >= 0.3 is 0 Å². The number of aryl methyl sites for hydroxylation is 4. The molecule has 0 radical (unpaired) electrons. The molecule has 20 rings (SSSR count). The molecule has 0 saturated heterocycles. The number of rotatable bonds is 16. The van der Waals surface area contributed by atoms with Gasteiger partial charge in [0.25, 0.3) is 0 Å². The number of fused-ring (bicyclic) bond motifs is 4. The summed E-state index contributed by atoms with van der Waals surface area (Å²) in [7, 11) is 0. The number of phenolic OH excluding ortho intramolecular Hbond substituents is 2. The fourth-order valence-electron chi connectivity index (χ4n) is 13.7. The van der Waals surface area contributed by atoms with Crippen LogP contribution in [0.1, 0.15) is 22.3 Å². The first-order chi connectivity index (χ1) is 61.8. The first-order valence-electron chi connectivity index (χ1n) is 38.9. The largest absolute Gasteiger partial charge is 0.505 e. The lowest BCUT2D eigenvalue weighted by Crippen LogP contribution is -1.97. The summed E-state index contributed by atoms with van der Waals surface area (Å²) in [6, 6.07) is 70.0. The minimum absolute atomic E-state index is 0.0587. The number of hydrogen-bond donors (Lipinski definition) is 3. The van der Waals surface area contributed by atoms with Crippen LogP contribution in [0.3, 0.4) is 0 Å². The van der Waals surface area contributed by atoms with Crippen LogP contribution in [-0.4, -0.2) is 90.1 Å². The van der Waals surface area contributed by atoms with Gasteiger partial charge in [-0.15, -0.1) is 20.4 Å². The Morgan fingerprint density at radius 2 is 0.617 bits per heavy atom. The Bertz CT molecular complexity index is 7300. The van der Waals surface area contributed by atoms with E-state index in [1.807, 2.05) is 86.6 Å². The molecule has 8 aromatic heterocycles. The number of aromatic hydroxyl groups is 2. The third-order valence-corrected chi connectivity index (χ3v) is 19.6. The Morgan fingerprint density at radius 3 is 1.02 bits per heavy atom. The first-order valence-corrected chi connectivity index (χ1v) is 38.9. The van der Waals surface area contributed by atoms with Crippen LogP contribution in [0.15, 0.2) is 292 Å². The molecule has 0 aliphatic carbocycles. The molecule has 0 aliphatic heterocycles. The summed E-state index contributed by atoms with van der Waals surface area (Å²) in [6.45, 7) is 7.22. The number of phenols is 2. The number of halogens is 10. The monoisotopic (exact) mass is 1720 g/mol. The number of ether oxygens (including phenoxy) is 3. The highest BCUT2D eigenvalue weighted by Crippen LogP contribution is 2.38. The zero-order valence-electron chi connectivity index (χ0n) is 67.3. The molecule has 32 heteroatoms. The molecule has 8 heterocycles. The van der Waals surface area contributed by atoms with E-state index in [9.17, 15) is 54.1 Å². The third-order valence-electron chi connectivity index (χ3n) is 19.6. The van der Waals surface area contributed by atoms with Crippen LogP contribution in [0.4, 0.5) is 55.3 Å². The average Bonchev–Trinajstić information content (AvgIpc) is 1.69. The van der Waals surface area contributed by atoms with Crippen molar-refractivity contribution in [3.05, 3.63) is 372 Å². The van der Waals surface area contributed by atoms with Crippen LogP contribution in [0.2, 0.25) is 0 Å². The molecule has 632 valence electrons. The van der Waals surface area contributed by atoms with Crippen molar-refractivity contribution in [3.63, 3.8) is 0 Å². The molecule has 22 nitrogen and oxygen atoms in total. The molecular formula is C96H63F10N17O5. The highest BCUT2D eigenvalue weighted by molar-refractivity contribution is 5.95. The smallest absolute Gasteiger partial charge is 0.187 e. The van der Waals surface area contributed by atoms with Gasteiger partial charge < -0.3 is 29.7 Å². The molecule has 128 heavy (non-hydrogen) atoms. The predicted octanol–water partition coefficient (Wildman–Crippen LogP) is 23.1. The molecule has 3 N–H and O–H groups in total. The molecule has 0 bridgehead atoms. The molecule has 0 spiro atoms. The number of aromatic nitrogens is 16. The van der Waals surface area contributed by atoms with E-state index in [2.05, 4.69) is 66.5 Å². The maximum atomic E-state index is 13.7. The van der Waals surface area contributed by atoms with Crippen molar-refractivity contribution in [1.29, 1.82) is 0 Å². The van der Waals surface area contributed by atoms with Crippen molar-refractivity contribution in [2.45, 2.75) is 27.7 Å². The van der Waals surface area contributed by atoms with Gasteiger partial charge in [-0.1, -0.05) is 45.1 Å². The number of hydrogen-bond acceptors (Lipinski definition) is 18. The van der Waals surface area contributed by atoms with Gasteiger partial charge in [0.05, 0.1) is 92.4 Å². The number of anilines is 2. The van der Waals surface area contributed by atoms with E-state index in [4.69, 9.17) is 14.2 Å². The fourth-order valence-corrected chi connectivity index (χ4v) is 13.7. The van der Waals surface area contributed by atoms with Crippen molar-refractivity contribution in [2.24, 2.45) is 0 Å². The highest BCUT2D eigenvalue weighted by atomic mass is 19.2. The van der Waals surface area contributed by atoms with Crippen molar-refractivity contribution in [3.8, 4) is 114 Å². The maximum absolute atomic E-state index is 13.7. The Hall–Kier alpha value is -17.1. The second-order valence-electron chi connectivity index (χ2n) is 29.1. The van der Waals surface area contributed by atoms with E-state index in [1.54, 1.807) is 122 Å². The molecule has 0 aliphatic rings. The van der Waals surface area contributed by atoms with Gasteiger partial charge in [-0.25, -0.2) is 82.6 Å². The zero-order valence-corrected chi connectivity index (χ0v) is 67.3. The Morgan fingerprint density at radius 1 is 0.273 bits per heavy atom. The first kappa shape index (κ1) is 83.2. The van der Waals surface area contributed by atoms with Gasteiger partial charge in [-0.05, 0) is 250 Å². The summed E-state index contributed by atoms with van der Waals surface area (Å²) in [5.74, 6) is -5.20. The maximum Gasteiger partial charge on any atom is 0.187 e. The lowest BCUT2D eigenvalue weighted by molar-refractivity contribution is 0.395. The van der Waals surface area contributed by atoms with E-state index in [0.717, 1.165) is 68.4 Å². The molecule has 20 aromatic rings. The number of benzene rings is 12. The number of pyridine rings is 4. The van der Waals surface area contributed by atoms with Crippen LogP contribution in [0, 0.1) is 85.9 Å². The van der Waals surface area contributed by atoms with E-state index < -0.39 is 40.6 Å². The number of nitrogens with zero attached hydrogens (tertiary/aromatic N) is 16. The fraction of sp³-hybridized carbons (Fsp3) is 0.0417. The van der Waals surface area contributed by atoms with Crippen molar-refractivity contribution < 1.29 is 68.3 Å². The third kappa shape index (κ3) is 18.9. The van der Waals surface area contributed by atoms with Crippen molar-refractivity contribution in [1.82, 2.24) is 79.9 Å². The lowest BCUT2D eigenvalue weighted by Gasteiger charge is -2.11. The summed E-state index contributed by atoms with van der Waals surface area (Å²) in [6.07, 6.45) is 6.42. The van der Waals surface area contributed by atoms with Gasteiger partial charge in [0.15, 0.2) is 40.6 Å². The average molecular weight is 1720 g/mol. The van der Waals surface area contributed by atoms with Gasteiger partial charge in [-0.3, -0.25) is 0 Å². The van der Waals surface area contributed by atoms with Crippen LogP contribution in [0.25, 0.3) is 112 Å². The summed E-state index contributed by atoms with van der Waals surface area (Å²) in [4.78, 5) is 18.6. The summed E-state index contributed by atoms with van der Waals surface area (Å²) in [5.41, 5.74) is 12.9. The van der Waals surface area contributed by atoms with Gasteiger partial charge in [0.2, 0.25) is 0 Å². The van der Waals surface area contributed by atoms with Gasteiger partial charge in [0.1, 0.15) is 86.4 Å². The molecule has 0 fully saturated rings. The Kier molecular flexibility index (Phi) is 23.3. The van der Waals surface area contributed by atoms with Gasteiger partial charge in [-0.2, -0.15) is 0 Å². The van der Waals surface area contributed by atoms with E-state index in [1.165, 1.54) is 105 Å². The van der Waals surface area contributed by atoms with Crippen LogP contribution >= 0.6 is 0 Å². The van der Waals surface area contributed by atoms with Crippen molar-refractivity contribution >= 4 is 55.0 Å². The predicted molar refractivity (Wildman–Crippen MR) is 460 cm³/mol. The van der Waals surface area contributed by atoms with E-state index in [-0.39, 0.29) is 34.8 Å². The van der Waals surface area contributed by atoms with Crippen LogP contribution in [0.5, 0.6) is 46.0 Å². The SMILES string of the molecule is Cc1cc(F)cc(Nc2cccc3nc(-c4cn(-c5ccc(F)c(F)c5)nn4)ccc23)c1.Cc1cc(F)cc(Oc2cccc3nc(-c4cn(-c5cc(F)c(O)c(F)c5)nn4)ccc23)c1.Cc1cc(F)cc(Oc2cccc3nc(-c4cn(-c5ccc(F)cc5)nn4)ccc23)c1.Cc1cc(F)cc(Oc2cccc3nc(-c4cn(-c5ccc(O)c(F)c5)nn4)ccc23)c1. The minimum atomic E-state index is -1.10. The van der Waals surface area contributed by atoms with Gasteiger partial charge in [0, 0.05) is 75.4 Å². The lowest BCUT2D eigenvalue weighted by atomic mass is 10.1. The highest BCUT2D eigenvalue weighted by Gasteiger charge is 2.20. The molecule has 0 atom stereocenters. The quantitative estimate of drug-likeness (QED) is 0.0760. The molecular weight excluding hydrogens is 1660 g/mol. The second-order valence-corrected chi connectivity index (χ2v) is 29.1. The second kappa shape index (κ2) is 35.8. The topological polar surface area (TPSA) is 255 Å². The van der Waals surface area contributed by atoms with Crippen LogP contribution in [-0.2, 0) is 0 Å². The zero-order chi connectivity index (χ0) is 89.0. The molecule has 0 unspecified atom stereocenters. The molecule has 0 saturated carbocycles. The van der Waals surface area contributed by atoms with Crippen LogP contribution < -0.4 is 19.5 Å². The number of nitrogens with one attached hydrogen (secondary N) is 1. The molecule has 0 amide bonds. The van der Waals surface area contributed by atoms with E-state index in [0.29, 0.717) is 130 Å². The van der Waals surface area contributed by atoms with E-state index >= 15 is 0 Å². The standard InChI is InChI=1S/C24H16F3N5.C24H15F3N4O2.C24H16F2N4O2.C24H16F2N4O/c1-14-9-15(25)11-16(10-14)28-21-3-2-4-22-18(21)6-8-23(29-22)24-13-32(31-30-24)17-5-7-19(26)20(27)12-17;1-13-7-14(25)9-16(8-13)33-23-4-2-3-20-17(23)5-6-21(28-20)22-12-31(30-29-22)15-10-18(26)24(32)19(27)11-15;1-14-9-15(25)11-17(10-14)32-24-4-2-3-20-18(24)6-7-21(27-20)22-13-30(29-28-22)16-5-8-23(31)19(26)12-16;1-15-11-17(26)13-19(12-15)31-24-4-2-3-21-20(24)9-10-22(27-21)23-14-30(29-28-23)18-7-5-16(25)6-8-18/h2-13,28H,1H3;2-12,32H,1H3;2-13,31H,1H3;2-14H,1H3. The summed E-state index contributed by atoms with van der Waals surface area (Å²) in [5, 5.41) is 57.4. The summed E-state index contributed by atoms with van der Waals surface area (Å²) >= 11 is 0. The Labute approximate surface area is 719 Å². The van der Waals surface area contributed by atoms with Crippen molar-refractivity contribution in [2.75, 3.05) is 5.32 Å². The summed E-state index contributed by atoms with van der Waals surface area (Å²) < 4.78 is 159. The minimum Gasteiger partial charge on any atom is -0.505 e. The normalized spacial score (nSPS) is 11.1. The molecule has 12 aromatic carbocycles.